The minimum absolute atomic E-state index is 0.349. The van der Waals surface area contributed by atoms with Gasteiger partial charge in [0.2, 0.25) is 5.95 Å². The number of pyridine rings is 1. The van der Waals surface area contributed by atoms with Crippen molar-refractivity contribution >= 4 is 45.7 Å². The van der Waals surface area contributed by atoms with Gasteiger partial charge in [0, 0.05) is 37.4 Å². The molecule has 0 radical (unpaired) electrons. The molecule has 2 amide bonds. The Balaban J connectivity index is 1.06. The largest absolute Gasteiger partial charge is 0.341 e. The highest BCUT2D eigenvalue weighted by Gasteiger charge is 2.26. The maximum Gasteiger partial charge on any atom is 0.290 e. The van der Waals surface area contributed by atoms with E-state index in [0.717, 1.165) is 72.1 Å². The summed E-state index contributed by atoms with van der Waals surface area (Å²) in [5.74, 6) is 0.805. The quantitative estimate of drug-likeness (QED) is 0.308. The van der Waals surface area contributed by atoms with Crippen molar-refractivity contribution in [1.29, 1.82) is 0 Å². The number of nitrogens with zero attached hydrogens (tertiary/aromatic N) is 5. The first kappa shape index (κ1) is 24.3. The third-order valence-corrected chi connectivity index (χ3v) is 7.61. The molecule has 0 saturated carbocycles. The summed E-state index contributed by atoms with van der Waals surface area (Å²) in [6.45, 7) is 3.31. The molecule has 2 saturated heterocycles. The summed E-state index contributed by atoms with van der Waals surface area (Å²) in [5.41, 5.74) is 3.44. The average molecular weight is 527 g/mol. The number of nitrogens with one attached hydrogen (secondary N) is 3. The molecule has 38 heavy (non-hydrogen) atoms. The lowest BCUT2D eigenvalue weighted by atomic mass is 9.97. The number of carbonyl (C=O) groups is 2. The second-order valence-corrected chi connectivity index (χ2v) is 10.4. The number of fused-ring (bicyclic) bond motifs is 1. The van der Waals surface area contributed by atoms with Gasteiger partial charge in [0.05, 0.1) is 27.7 Å². The number of benzene rings is 1. The molecule has 11 heteroatoms. The first-order valence-electron chi connectivity index (χ1n) is 12.5. The van der Waals surface area contributed by atoms with Crippen molar-refractivity contribution in [3.63, 3.8) is 0 Å². The fraction of sp³-hybridized carbons (Fsp3) is 0.259. The molecule has 6 rings (SSSR count). The molecule has 2 fully saturated rings. The average Bonchev–Trinajstić information content (AvgIpc) is 3.59. The van der Waals surface area contributed by atoms with Crippen LogP contribution in [0.1, 0.15) is 24.2 Å². The molecular formula is C27H26N8O2S. The van der Waals surface area contributed by atoms with E-state index >= 15 is 0 Å². The predicted molar refractivity (Wildman–Crippen MR) is 147 cm³/mol. The van der Waals surface area contributed by atoms with Crippen molar-refractivity contribution in [2.24, 2.45) is 5.92 Å². The summed E-state index contributed by atoms with van der Waals surface area (Å²) < 4.78 is 0. The van der Waals surface area contributed by atoms with Crippen LogP contribution in [0.2, 0.25) is 0 Å². The zero-order valence-corrected chi connectivity index (χ0v) is 21.4. The van der Waals surface area contributed by atoms with Gasteiger partial charge in [0.25, 0.3) is 11.1 Å². The van der Waals surface area contributed by atoms with Gasteiger partial charge < -0.3 is 10.2 Å². The third-order valence-electron chi connectivity index (χ3n) is 6.80. The minimum atomic E-state index is -0.385. The van der Waals surface area contributed by atoms with Crippen molar-refractivity contribution in [2.45, 2.75) is 19.4 Å². The van der Waals surface area contributed by atoms with Crippen LogP contribution < -0.4 is 15.5 Å². The Morgan fingerprint density at radius 1 is 1.08 bits per heavy atom. The molecule has 3 aromatic heterocycles. The standard InChI is InChI=1S/C27H26N8O2S/c36-25-24(38-27(37)33-25)14-19-5-9-29-26(31-19)35-11-7-17(8-12-35)15-28-16-23-20-4-2-1-3-18(20)13-22(32-23)21-6-10-30-34-21/h1-6,9-10,13-14,17,28H,7-8,11-12,15-16H2,(H,30,34)(H,33,36,37)/b24-14+. The van der Waals surface area contributed by atoms with Crippen molar-refractivity contribution in [1.82, 2.24) is 35.8 Å². The number of carbonyl (C=O) groups excluding carboxylic acids is 2. The minimum Gasteiger partial charge on any atom is -0.341 e. The number of piperidine rings is 1. The monoisotopic (exact) mass is 526 g/mol. The van der Waals surface area contributed by atoms with Gasteiger partial charge >= 0.3 is 0 Å². The van der Waals surface area contributed by atoms with Gasteiger partial charge in [-0.1, -0.05) is 24.3 Å². The SMILES string of the molecule is O=C1NC(=O)/C(=C\c2ccnc(N3CCC(CNCc4nc(-c5ccn[nH]5)cc5ccccc45)CC3)n2)S1. The Kier molecular flexibility index (Phi) is 6.84. The highest BCUT2D eigenvalue weighted by atomic mass is 32.2. The molecule has 0 unspecified atom stereocenters. The third kappa shape index (κ3) is 5.29. The molecule has 10 nitrogen and oxygen atoms in total. The van der Waals surface area contributed by atoms with Gasteiger partial charge in [-0.15, -0.1) is 0 Å². The lowest BCUT2D eigenvalue weighted by Gasteiger charge is -2.32. The van der Waals surface area contributed by atoms with Gasteiger partial charge in [0.1, 0.15) is 0 Å². The second-order valence-electron chi connectivity index (χ2n) is 9.34. The van der Waals surface area contributed by atoms with Crippen LogP contribution in [-0.2, 0) is 11.3 Å². The number of aromatic nitrogens is 5. The van der Waals surface area contributed by atoms with E-state index in [4.69, 9.17) is 4.98 Å². The summed E-state index contributed by atoms with van der Waals surface area (Å²) in [4.78, 5) is 39.7. The van der Waals surface area contributed by atoms with Crippen LogP contribution in [-0.4, -0.2) is 55.9 Å². The zero-order chi connectivity index (χ0) is 25.9. The van der Waals surface area contributed by atoms with E-state index in [9.17, 15) is 9.59 Å². The summed E-state index contributed by atoms with van der Waals surface area (Å²) in [7, 11) is 0. The van der Waals surface area contributed by atoms with Crippen LogP contribution in [0.3, 0.4) is 0 Å². The van der Waals surface area contributed by atoms with Crippen molar-refractivity contribution < 1.29 is 9.59 Å². The second kappa shape index (κ2) is 10.7. The lowest BCUT2D eigenvalue weighted by Crippen LogP contribution is -2.38. The Morgan fingerprint density at radius 3 is 2.74 bits per heavy atom. The van der Waals surface area contributed by atoms with E-state index in [1.165, 1.54) is 0 Å². The van der Waals surface area contributed by atoms with Gasteiger partial charge in [-0.25, -0.2) is 15.0 Å². The highest BCUT2D eigenvalue weighted by Crippen LogP contribution is 2.27. The maximum absolute atomic E-state index is 11.8. The maximum atomic E-state index is 11.8. The van der Waals surface area contributed by atoms with Crippen molar-refractivity contribution in [3.8, 4) is 11.4 Å². The first-order chi connectivity index (χ1) is 18.6. The molecule has 0 bridgehead atoms. The van der Waals surface area contributed by atoms with Crippen LogP contribution in [0.4, 0.5) is 10.7 Å². The normalized spacial score (nSPS) is 17.5. The van der Waals surface area contributed by atoms with E-state index in [1.54, 1.807) is 24.5 Å². The number of H-pyrrole nitrogens is 1. The number of hydrogen-bond donors (Lipinski definition) is 3. The molecule has 3 N–H and O–H groups in total. The van der Waals surface area contributed by atoms with Gasteiger partial charge in [0.15, 0.2) is 0 Å². The van der Waals surface area contributed by atoms with E-state index in [0.29, 0.717) is 29.0 Å². The number of hydrogen-bond acceptors (Lipinski definition) is 9. The predicted octanol–water partition coefficient (Wildman–Crippen LogP) is 3.75. The topological polar surface area (TPSA) is 129 Å². The van der Waals surface area contributed by atoms with Crippen LogP contribution in [0, 0.1) is 5.92 Å². The summed E-state index contributed by atoms with van der Waals surface area (Å²) in [6, 6.07) is 14.1. The molecule has 0 atom stereocenters. The summed E-state index contributed by atoms with van der Waals surface area (Å²) in [6.07, 6.45) is 7.11. The van der Waals surface area contributed by atoms with E-state index in [1.807, 2.05) is 18.2 Å². The van der Waals surface area contributed by atoms with Crippen molar-refractivity contribution in [3.05, 3.63) is 71.2 Å². The number of anilines is 1. The van der Waals surface area contributed by atoms with E-state index in [2.05, 4.69) is 53.9 Å². The molecule has 4 aromatic rings. The molecule has 0 aliphatic carbocycles. The zero-order valence-electron chi connectivity index (χ0n) is 20.6. The molecular weight excluding hydrogens is 500 g/mol. The Labute approximate surface area is 223 Å². The van der Waals surface area contributed by atoms with Gasteiger partial charge in [-0.05, 0) is 66.7 Å². The Morgan fingerprint density at radius 2 is 1.95 bits per heavy atom. The Bertz CT molecular complexity index is 1510. The van der Waals surface area contributed by atoms with Crippen LogP contribution in [0.15, 0.2) is 59.8 Å². The van der Waals surface area contributed by atoms with Gasteiger partial charge in [-0.2, -0.15) is 5.10 Å². The molecule has 5 heterocycles. The number of imide groups is 1. The molecule has 2 aliphatic heterocycles. The lowest BCUT2D eigenvalue weighted by molar-refractivity contribution is -0.115. The smallest absolute Gasteiger partial charge is 0.290 e. The van der Waals surface area contributed by atoms with E-state index in [-0.39, 0.29) is 11.1 Å². The first-order valence-corrected chi connectivity index (χ1v) is 13.4. The van der Waals surface area contributed by atoms with E-state index < -0.39 is 0 Å². The molecule has 2 aliphatic rings. The molecule has 0 spiro atoms. The summed E-state index contributed by atoms with van der Waals surface area (Å²) in [5, 5.41) is 14.9. The highest BCUT2D eigenvalue weighted by molar-refractivity contribution is 8.18. The van der Waals surface area contributed by atoms with Crippen molar-refractivity contribution in [2.75, 3.05) is 24.5 Å². The molecule has 192 valence electrons. The van der Waals surface area contributed by atoms with Crippen LogP contribution in [0.5, 0.6) is 0 Å². The van der Waals surface area contributed by atoms with Crippen LogP contribution in [0.25, 0.3) is 28.2 Å². The fourth-order valence-electron chi connectivity index (χ4n) is 4.82. The molecule has 1 aromatic carbocycles. The van der Waals surface area contributed by atoms with Crippen LogP contribution >= 0.6 is 11.8 Å². The number of rotatable bonds is 7. The fourth-order valence-corrected chi connectivity index (χ4v) is 5.49. The Hall–Kier alpha value is -4.09. The number of thioether (sulfide) groups is 1. The summed E-state index contributed by atoms with van der Waals surface area (Å²) >= 11 is 0.888. The number of amides is 2. The van der Waals surface area contributed by atoms with Gasteiger partial charge in [-0.3, -0.25) is 20.0 Å². The number of aromatic amines is 1.